The van der Waals surface area contributed by atoms with Gasteiger partial charge in [0.1, 0.15) is 11.5 Å². The van der Waals surface area contributed by atoms with E-state index in [1.807, 2.05) is 26.8 Å². The van der Waals surface area contributed by atoms with Crippen molar-refractivity contribution in [3.05, 3.63) is 47.7 Å². The molecule has 21 heavy (non-hydrogen) atoms. The van der Waals surface area contributed by atoms with Gasteiger partial charge in [-0.3, -0.25) is 5.32 Å². The van der Waals surface area contributed by atoms with Crippen LogP contribution in [0.25, 0.3) is 0 Å². The molecule has 0 bridgehead atoms. The van der Waals surface area contributed by atoms with Crippen LogP contribution in [0.3, 0.4) is 0 Å². The van der Waals surface area contributed by atoms with Gasteiger partial charge in [0.25, 0.3) is 0 Å². The van der Waals surface area contributed by atoms with Gasteiger partial charge in [-0.05, 0) is 38.5 Å². The summed E-state index contributed by atoms with van der Waals surface area (Å²) in [4.78, 5) is 4.17. The van der Waals surface area contributed by atoms with Crippen LogP contribution in [0, 0.1) is 6.92 Å². The smallest absolute Gasteiger partial charge is 0.387 e. The third-order valence-corrected chi connectivity index (χ3v) is 3.09. The van der Waals surface area contributed by atoms with E-state index in [1.54, 1.807) is 18.3 Å². The second-order valence-electron chi connectivity index (χ2n) is 4.87. The highest BCUT2D eigenvalue weighted by atomic mass is 19.3. The summed E-state index contributed by atoms with van der Waals surface area (Å²) < 4.78 is 34.3. The molecule has 2 atom stereocenters. The molecule has 0 saturated heterocycles. The number of alkyl halides is 2. The molecule has 2 rings (SSSR count). The molecule has 1 aromatic carbocycles. The summed E-state index contributed by atoms with van der Waals surface area (Å²) in [6, 6.07) is 6.48. The third-order valence-electron chi connectivity index (χ3n) is 3.09. The molecule has 1 aromatic heterocycles. The second kappa shape index (κ2) is 6.67. The first kappa shape index (κ1) is 15.4. The molecule has 0 radical (unpaired) electrons. The van der Waals surface area contributed by atoms with Crippen molar-refractivity contribution in [3.63, 3.8) is 0 Å². The van der Waals surface area contributed by atoms with Gasteiger partial charge in [-0.25, -0.2) is 4.98 Å². The number of aromatic nitrogens is 1. The SMILES string of the molecule is Cc1cnc(C(C)NC(C)c2cccc(OC(F)F)c2)o1. The van der Waals surface area contributed by atoms with Gasteiger partial charge in [0, 0.05) is 6.04 Å². The fraction of sp³-hybridized carbons (Fsp3) is 0.400. The lowest BCUT2D eigenvalue weighted by atomic mass is 10.1. The molecule has 1 N–H and O–H groups in total. The summed E-state index contributed by atoms with van der Waals surface area (Å²) in [7, 11) is 0. The minimum atomic E-state index is -2.82. The molecule has 1 heterocycles. The molecule has 6 heteroatoms. The van der Waals surface area contributed by atoms with Crippen LogP contribution in [0.5, 0.6) is 5.75 Å². The zero-order valence-electron chi connectivity index (χ0n) is 12.1. The molecule has 0 aliphatic rings. The van der Waals surface area contributed by atoms with E-state index in [-0.39, 0.29) is 17.8 Å². The third kappa shape index (κ3) is 4.26. The molecule has 4 nitrogen and oxygen atoms in total. The number of ether oxygens (including phenoxy) is 1. The summed E-state index contributed by atoms with van der Waals surface area (Å²) in [5.41, 5.74) is 0.850. The minimum Gasteiger partial charge on any atom is -0.444 e. The van der Waals surface area contributed by atoms with Gasteiger partial charge < -0.3 is 9.15 Å². The van der Waals surface area contributed by atoms with Crippen molar-refractivity contribution in [1.82, 2.24) is 10.3 Å². The van der Waals surface area contributed by atoms with E-state index < -0.39 is 6.61 Å². The monoisotopic (exact) mass is 296 g/mol. The number of rotatable bonds is 6. The van der Waals surface area contributed by atoms with Crippen molar-refractivity contribution < 1.29 is 17.9 Å². The number of hydrogen-bond donors (Lipinski definition) is 1. The van der Waals surface area contributed by atoms with E-state index in [4.69, 9.17) is 4.42 Å². The zero-order valence-corrected chi connectivity index (χ0v) is 12.1. The average Bonchev–Trinajstić information content (AvgIpc) is 2.85. The van der Waals surface area contributed by atoms with Crippen LogP contribution in [0.4, 0.5) is 8.78 Å². The highest BCUT2D eigenvalue weighted by Gasteiger charge is 2.16. The quantitative estimate of drug-likeness (QED) is 0.875. The summed E-state index contributed by atoms with van der Waals surface area (Å²) >= 11 is 0. The van der Waals surface area contributed by atoms with Crippen LogP contribution in [0.2, 0.25) is 0 Å². The molecular weight excluding hydrogens is 278 g/mol. The maximum Gasteiger partial charge on any atom is 0.387 e. The van der Waals surface area contributed by atoms with Crippen molar-refractivity contribution in [2.24, 2.45) is 0 Å². The Kier molecular flexibility index (Phi) is 4.90. The largest absolute Gasteiger partial charge is 0.444 e. The number of aryl methyl sites for hydroxylation is 1. The normalized spacial score (nSPS) is 14.2. The Morgan fingerprint density at radius 3 is 2.62 bits per heavy atom. The van der Waals surface area contributed by atoms with E-state index in [1.165, 1.54) is 6.07 Å². The molecule has 0 aliphatic carbocycles. The first-order valence-corrected chi connectivity index (χ1v) is 6.69. The first-order chi connectivity index (χ1) is 9.95. The molecule has 0 fully saturated rings. The van der Waals surface area contributed by atoms with Crippen molar-refractivity contribution >= 4 is 0 Å². The van der Waals surface area contributed by atoms with Crippen LogP contribution in [-0.2, 0) is 0 Å². The van der Waals surface area contributed by atoms with Gasteiger partial charge >= 0.3 is 6.61 Å². The molecule has 2 aromatic rings. The fourth-order valence-corrected chi connectivity index (χ4v) is 2.07. The van der Waals surface area contributed by atoms with Crippen molar-refractivity contribution in [3.8, 4) is 5.75 Å². The summed E-state index contributed by atoms with van der Waals surface area (Å²) in [6.07, 6.45) is 1.66. The Hall–Kier alpha value is -1.95. The van der Waals surface area contributed by atoms with Gasteiger partial charge in [0.05, 0.1) is 12.2 Å². The van der Waals surface area contributed by atoms with Gasteiger partial charge in [0.2, 0.25) is 5.89 Å². The average molecular weight is 296 g/mol. The lowest BCUT2D eigenvalue weighted by molar-refractivity contribution is -0.0499. The van der Waals surface area contributed by atoms with Gasteiger partial charge in [-0.2, -0.15) is 8.78 Å². The van der Waals surface area contributed by atoms with Crippen molar-refractivity contribution in [1.29, 1.82) is 0 Å². The predicted molar refractivity (Wildman–Crippen MR) is 74.3 cm³/mol. The Labute approximate surface area is 122 Å². The highest BCUT2D eigenvalue weighted by Crippen LogP contribution is 2.23. The van der Waals surface area contributed by atoms with E-state index in [9.17, 15) is 8.78 Å². The minimum absolute atomic E-state index is 0.0616. The molecule has 114 valence electrons. The summed E-state index contributed by atoms with van der Waals surface area (Å²) in [5, 5.41) is 3.31. The lowest BCUT2D eigenvalue weighted by Crippen LogP contribution is -2.22. The molecule has 0 aliphatic heterocycles. The van der Waals surface area contributed by atoms with E-state index in [2.05, 4.69) is 15.0 Å². The van der Waals surface area contributed by atoms with Gasteiger partial charge in [-0.1, -0.05) is 12.1 Å². The number of benzene rings is 1. The Morgan fingerprint density at radius 2 is 2.00 bits per heavy atom. The molecule has 0 spiro atoms. The van der Waals surface area contributed by atoms with E-state index in [0.29, 0.717) is 5.89 Å². The zero-order chi connectivity index (χ0) is 15.4. The maximum absolute atomic E-state index is 12.2. The van der Waals surface area contributed by atoms with Gasteiger partial charge in [0.15, 0.2) is 0 Å². The van der Waals surface area contributed by atoms with Gasteiger partial charge in [-0.15, -0.1) is 0 Å². The topological polar surface area (TPSA) is 47.3 Å². The number of nitrogens with one attached hydrogen (secondary N) is 1. The highest BCUT2D eigenvalue weighted by molar-refractivity contribution is 5.30. The number of hydrogen-bond acceptors (Lipinski definition) is 4. The van der Waals surface area contributed by atoms with Crippen molar-refractivity contribution in [2.75, 3.05) is 0 Å². The predicted octanol–water partition coefficient (Wildman–Crippen LogP) is 4.00. The van der Waals surface area contributed by atoms with Crippen LogP contribution in [0.1, 0.15) is 43.1 Å². The number of oxazole rings is 1. The first-order valence-electron chi connectivity index (χ1n) is 6.69. The van der Waals surface area contributed by atoms with Crippen LogP contribution < -0.4 is 10.1 Å². The van der Waals surface area contributed by atoms with Crippen LogP contribution in [0.15, 0.2) is 34.9 Å². The van der Waals surface area contributed by atoms with Crippen LogP contribution in [-0.4, -0.2) is 11.6 Å². The van der Waals surface area contributed by atoms with E-state index >= 15 is 0 Å². The molecule has 2 unspecified atom stereocenters. The Bertz CT molecular complexity index is 587. The molecular formula is C15H18F2N2O2. The lowest BCUT2D eigenvalue weighted by Gasteiger charge is -2.19. The maximum atomic E-state index is 12.2. The summed E-state index contributed by atoms with van der Waals surface area (Å²) in [6.45, 7) is 2.88. The van der Waals surface area contributed by atoms with Crippen LogP contribution >= 0.6 is 0 Å². The standard InChI is InChI=1S/C15H18F2N2O2/c1-9-8-18-14(20-9)11(3)19-10(2)12-5-4-6-13(7-12)21-15(16)17/h4-8,10-11,15,19H,1-3H3. The van der Waals surface area contributed by atoms with Crippen molar-refractivity contribution in [2.45, 2.75) is 39.5 Å². The van der Waals surface area contributed by atoms with E-state index in [0.717, 1.165) is 11.3 Å². The number of nitrogens with zero attached hydrogens (tertiary/aromatic N) is 1. The molecule has 0 saturated carbocycles. The molecule has 0 amide bonds. The Balaban J connectivity index is 2.04. The fourth-order valence-electron chi connectivity index (χ4n) is 2.07. The summed E-state index contributed by atoms with van der Waals surface area (Å²) in [5.74, 6) is 1.49. The number of halogens is 2. The Morgan fingerprint density at radius 1 is 1.24 bits per heavy atom. The second-order valence-corrected chi connectivity index (χ2v) is 4.87.